The van der Waals surface area contributed by atoms with E-state index in [1.165, 1.54) is 12.1 Å². The molecule has 5 heteroatoms. The van der Waals surface area contributed by atoms with E-state index in [-0.39, 0.29) is 11.9 Å². The first-order valence-electron chi connectivity index (χ1n) is 6.92. The van der Waals surface area contributed by atoms with E-state index in [1.54, 1.807) is 6.92 Å². The molecule has 0 radical (unpaired) electrons. The van der Waals surface area contributed by atoms with Gasteiger partial charge in [-0.2, -0.15) is 0 Å². The molecule has 0 aliphatic carbocycles. The first-order valence-corrected chi connectivity index (χ1v) is 6.92. The van der Waals surface area contributed by atoms with Crippen LogP contribution in [0.5, 0.6) is 0 Å². The van der Waals surface area contributed by atoms with Crippen molar-refractivity contribution in [2.24, 2.45) is 5.92 Å². The molecule has 1 aromatic rings. The normalized spacial score (nSPS) is 19.9. The molecule has 1 heterocycles. The van der Waals surface area contributed by atoms with Crippen molar-refractivity contribution >= 4 is 5.97 Å². The molecular formula is C15H19F2NO2. The summed E-state index contributed by atoms with van der Waals surface area (Å²) in [7, 11) is 0. The Hall–Kier alpha value is -1.49. The summed E-state index contributed by atoms with van der Waals surface area (Å²) in [6.07, 6.45) is 1.70. The lowest BCUT2D eigenvalue weighted by Crippen LogP contribution is -2.38. The fraction of sp³-hybridized carbons (Fsp3) is 0.533. The van der Waals surface area contributed by atoms with Crippen LogP contribution in [0.3, 0.4) is 0 Å². The highest BCUT2D eigenvalue weighted by Gasteiger charge is 2.26. The van der Waals surface area contributed by atoms with Crippen molar-refractivity contribution in [1.29, 1.82) is 0 Å². The number of hydrogen-bond donors (Lipinski definition) is 0. The van der Waals surface area contributed by atoms with E-state index in [4.69, 9.17) is 4.74 Å². The van der Waals surface area contributed by atoms with E-state index in [2.05, 4.69) is 0 Å². The maximum Gasteiger partial charge on any atom is 0.310 e. The van der Waals surface area contributed by atoms with Gasteiger partial charge in [-0.25, -0.2) is 8.78 Å². The summed E-state index contributed by atoms with van der Waals surface area (Å²) >= 11 is 0. The summed E-state index contributed by atoms with van der Waals surface area (Å²) in [5.41, 5.74) is 0.590. The van der Waals surface area contributed by atoms with Crippen LogP contribution in [0.2, 0.25) is 0 Å². The lowest BCUT2D eigenvalue weighted by atomic mass is 9.97. The molecule has 0 N–H and O–H groups in total. The number of piperidine rings is 1. The predicted molar refractivity (Wildman–Crippen MR) is 71.0 cm³/mol. The Morgan fingerprint density at radius 3 is 2.70 bits per heavy atom. The van der Waals surface area contributed by atoms with Crippen molar-refractivity contribution in [3.05, 3.63) is 35.4 Å². The van der Waals surface area contributed by atoms with Crippen molar-refractivity contribution in [1.82, 2.24) is 4.90 Å². The Morgan fingerprint density at radius 2 is 2.05 bits per heavy atom. The Bertz CT molecular complexity index is 459. The van der Waals surface area contributed by atoms with Gasteiger partial charge in [0, 0.05) is 19.2 Å². The van der Waals surface area contributed by atoms with Crippen LogP contribution in [0.1, 0.15) is 25.3 Å². The van der Waals surface area contributed by atoms with Gasteiger partial charge in [-0.05, 0) is 44.0 Å². The van der Waals surface area contributed by atoms with E-state index in [9.17, 15) is 13.6 Å². The molecule has 0 bridgehead atoms. The first-order chi connectivity index (χ1) is 9.58. The van der Waals surface area contributed by atoms with Crippen LogP contribution < -0.4 is 0 Å². The van der Waals surface area contributed by atoms with E-state index in [0.29, 0.717) is 25.3 Å². The van der Waals surface area contributed by atoms with Gasteiger partial charge in [-0.1, -0.05) is 0 Å². The summed E-state index contributed by atoms with van der Waals surface area (Å²) in [4.78, 5) is 13.8. The standard InChI is InChI=1S/C15H19F2NO2/c1-2-20-15(19)12-4-3-5-18(10-12)9-11-6-13(16)8-14(17)7-11/h6-8,12H,2-5,9-10H2,1H3. The van der Waals surface area contributed by atoms with Crippen LogP contribution in [0.4, 0.5) is 8.78 Å². The Labute approximate surface area is 117 Å². The van der Waals surface area contributed by atoms with Crippen molar-refractivity contribution in [2.75, 3.05) is 19.7 Å². The zero-order chi connectivity index (χ0) is 14.5. The number of ether oxygens (including phenoxy) is 1. The average Bonchev–Trinajstić information content (AvgIpc) is 2.38. The van der Waals surface area contributed by atoms with Crippen LogP contribution in [-0.2, 0) is 16.1 Å². The van der Waals surface area contributed by atoms with Gasteiger partial charge in [-0.15, -0.1) is 0 Å². The third-order valence-electron chi connectivity index (χ3n) is 3.45. The quantitative estimate of drug-likeness (QED) is 0.796. The second kappa shape index (κ2) is 6.79. The molecule has 1 atom stereocenters. The highest BCUT2D eigenvalue weighted by atomic mass is 19.1. The maximum atomic E-state index is 13.2. The molecule has 0 amide bonds. The number of carbonyl (C=O) groups is 1. The first kappa shape index (κ1) is 14.9. The van der Waals surface area contributed by atoms with E-state index >= 15 is 0 Å². The van der Waals surface area contributed by atoms with Gasteiger partial charge in [0.2, 0.25) is 0 Å². The highest BCUT2D eigenvalue weighted by Crippen LogP contribution is 2.20. The van der Waals surface area contributed by atoms with E-state index in [1.807, 2.05) is 4.90 Å². The number of nitrogens with zero attached hydrogens (tertiary/aromatic N) is 1. The number of likely N-dealkylation sites (tertiary alicyclic amines) is 1. The molecule has 1 aliphatic rings. The van der Waals surface area contributed by atoms with Gasteiger partial charge in [0.25, 0.3) is 0 Å². The monoisotopic (exact) mass is 283 g/mol. The van der Waals surface area contributed by atoms with E-state index < -0.39 is 11.6 Å². The molecule has 0 aromatic heterocycles. The van der Waals surface area contributed by atoms with Crippen LogP contribution in [0.15, 0.2) is 18.2 Å². The van der Waals surface area contributed by atoms with Crippen LogP contribution in [0, 0.1) is 17.6 Å². The smallest absolute Gasteiger partial charge is 0.310 e. The second-order valence-corrected chi connectivity index (χ2v) is 5.10. The number of halogens is 2. The minimum atomic E-state index is -0.570. The Balaban J connectivity index is 1.97. The zero-order valence-corrected chi connectivity index (χ0v) is 11.6. The van der Waals surface area contributed by atoms with Gasteiger partial charge >= 0.3 is 5.97 Å². The maximum absolute atomic E-state index is 13.2. The van der Waals surface area contributed by atoms with Crippen LogP contribution in [0.25, 0.3) is 0 Å². The fourth-order valence-electron chi connectivity index (χ4n) is 2.61. The summed E-state index contributed by atoms with van der Waals surface area (Å²) in [6, 6.07) is 3.52. The van der Waals surface area contributed by atoms with Crippen molar-refractivity contribution < 1.29 is 18.3 Å². The number of carbonyl (C=O) groups excluding carboxylic acids is 1. The number of esters is 1. The summed E-state index contributed by atoms with van der Waals surface area (Å²) in [5.74, 6) is -1.46. The molecule has 110 valence electrons. The lowest BCUT2D eigenvalue weighted by molar-refractivity contribution is -0.150. The Morgan fingerprint density at radius 1 is 1.35 bits per heavy atom. The van der Waals surface area contributed by atoms with Gasteiger partial charge in [-0.3, -0.25) is 9.69 Å². The fourth-order valence-corrected chi connectivity index (χ4v) is 2.61. The molecule has 1 unspecified atom stereocenters. The van der Waals surface area contributed by atoms with Crippen LogP contribution >= 0.6 is 0 Å². The predicted octanol–water partition coefficient (Wildman–Crippen LogP) is 2.74. The minimum absolute atomic E-state index is 0.137. The molecule has 0 spiro atoms. The molecule has 3 nitrogen and oxygen atoms in total. The minimum Gasteiger partial charge on any atom is -0.466 e. The molecular weight excluding hydrogens is 264 g/mol. The average molecular weight is 283 g/mol. The molecule has 1 aliphatic heterocycles. The SMILES string of the molecule is CCOC(=O)C1CCCN(Cc2cc(F)cc(F)c2)C1. The van der Waals surface area contributed by atoms with Gasteiger partial charge in [0.1, 0.15) is 11.6 Å². The number of benzene rings is 1. The third kappa shape index (κ3) is 4.00. The Kier molecular flexibility index (Phi) is 5.06. The highest BCUT2D eigenvalue weighted by molar-refractivity contribution is 5.72. The van der Waals surface area contributed by atoms with Gasteiger partial charge in [0.15, 0.2) is 0 Å². The van der Waals surface area contributed by atoms with Gasteiger partial charge < -0.3 is 4.74 Å². The van der Waals surface area contributed by atoms with Crippen LogP contribution in [-0.4, -0.2) is 30.6 Å². The van der Waals surface area contributed by atoms with Gasteiger partial charge in [0.05, 0.1) is 12.5 Å². The van der Waals surface area contributed by atoms with Crippen molar-refractivity contribution in [2.45, 2.75) is 26.3 Å². The summed E-state index contributed by atoms with van der Waals surface area (Å²) in [6.45, 7) is 4.02. The van der Waals surface area contributed by atoms with E-state index in [0.717, 1.165) is 25.5 Å². The molecule has 2 rings (SSSR count). The summed E-state index contributed by atoms with van der Waals surface area (Å²) in [5, 5.41) is 0. The third-order valence-corrected chi connectivity index (χ3v) is 3.45. The van der Waals surface area contributed by atoms with Crippen molar-refractivity contribution in [3.63, 3.8) is 0 Å². The molecule has 1 saturated heterocycles. The topological polar surface area (TPSA) is 29.5 Å². The largest absolute Gasteiger partial charge is 0.466 e. The summed E-state index contributed by atoms with van der Waals surface area (Å²) < 4.78 is 31.3. The number of hydrogen-bond acceptors (Lipinski definition) is 3. The second-order valence-electron chi connectivity index (χ2n) is 5.10. The number of rotatable bonds is 4. The zero-order valence-electron chi connectivity index (χ0n) is 11.6. The lowest BCUT2D eigenvalue weighted by Gasteiger charge is -2.31. The molecule has 1 aromatic carbocycles. The van der Waals surface area contributed by atoms with Crippen molar-refractivity contribution in [3.8, 4) is 0 Å². The molecule has 0 saturated carbocycles. The molecule has 1 fully saturated rings. The molecule has 20 heavy (non-hydrogen) atoms.